The molecule has 17 heavy (non-hydrogen) atoms. The Hall–Kier alpha value is -1.43. The molecule has 0 radical (unpaired) electrons. The summed E-state index contributed by atoms with van der Waals surface area (Å²) in [7, 11) is -2.61. The second-order valence-corrected chi connectivity index (χ2v) is 3.93. The minimum atomic E-state index is -2.61. The maximum absolute atomic E-state index is 12.8. The third-order valence-corrected chi connectivity index (χ3v) is 2.34. The Morgan fingerprint density at radius 1 is 1.41 bits per heavy atom. The van der Waals surface area contributed by atoms with Crippen LogP contribution >= 0.6 is 0 Å². The van der Waals surface area contributed by atoms with E-state index in [0.717, 1.165) is 5.56 Å². The Bertz CT molecular complexity index is 360. The van der Waals surface area contributed by atoms with E-state index in [-0.39, 0.29) is 6.42 Å². The summed E-state index contributed by atoms with van der Waals surface area (Å²) in [6.07, 6.45) is 0.0942. The van der Waals surface area contributed by atoms with Crippen LogP contribution in [-0.4, -0.2) is 25.2 Å². The maximum Gasteiger partial charge on any atom is 0.560 e. The zero-order valence-corrected chi connectivity index (χ0v) is 9.57. The summed E-state index contributed by atoms with van der Waals surface area (Å²) in [6.45, 7) is 1.46. The molecule has 0 aromatic heterocycles. The van der Waals surface area contributed by atoms with Crippen LogP contribution < -0.4 is 11.1 Å². The van der Waals surface area contributed by atoms with Crippen molar-refractivity contribution >= 4 is 13.2 Å². The van der Waals surface area contributed by atoms with Crippen molar-refractivity contribution < 1.29 is 13.4 Å². The number of carbonyl (C=O) groups is 1. The predicted octanol–water partition coefficient (Wildman–Crippen LogP) is 1.03. The molecule has 0 heterocycles. The van der Waals surface area contributed by atoms with Gasteiger partial charge in [-0.2, -0.15) is 0 Å². The number of nitrogens with one attached hydrogen (secondary N) is 1. The topological polar surface area (TPSA) is 55.1 Å². The van der Waals surface area contributed by atoms with Crippen molar-refractivity contribution in [3.63, 3.8) is 0 Å². The lowest BCUT2D eigenvalue weighted by Crippen LogP contribution is -2.49. The van der Waals surface area contributed by atoms with Crippen molar-refractivity contribution in [2.75, 3.05) is 0 Å². The van der Waals surface area contributed by atoms with Crippen molar-refractivity contribution in [3.05, 3.63) is 35.9 Å². The molecule has 1 amide bonds. The summed E-state index contributed by atoms with van der Waals surface area (Å²) < 4.78 is 25.5. The average Bonchev–Trinajstić information content (AvgIpc) is 2.29. The summed E-state index contributed by atoms with van der Waals surface area (Å²) in [5.74, 6) is -1.76. The van der Waals surface area contributed by atoms with E-state index in [1.807, 2.05) is 0 Å². The highest BCUT2D eigenvalue weighted by atomic mass is 19.2. The number of hydrogen-bond donors (Lipinski definition) is 2. The molecule has 0 bridgehead atoms. The van der Waals surface area contributed by atoms with Gasteiger partial charge < -0.3 is 11.1 Å². The predicted molar refractivity (Wildman–Crippen MR) is 63.7 cm³/mol. The van der Waals surface area contributed by atoms with E-state index < -0.39 is 25.2 Å². The quantitative estimate of drug-likeness (QED) is 0.755. The molecule has 6 heteroatoms. The molecule has 0 saturated heterocycles. The molecule has 92 valence electrons. The third-order valence-electron chi connectivity index (χ3n) is 2.34. The molecule has 0 aliphatic rings. The van der Waals surface area contributed by atoms with Gasteiger partial charge in [-0.25, -0.2) is 0 Å². The SMILES string of the molecule is CC(N)C(=O)NC(Cc1ccccc1)B(F)F. The van der Waals surface area contributed by atoms with Gasteiger partial charge >= 0.3 is 7.27 Å². The summed E-state index contributed by atoms with van der Waals surface area (Å²) >= 11 is 0. The van der Waals surface area contributed by atoms with E-state index in [2.05, 4.69) is 5.32 Å². The van der Waals surface area contributed by atoms with Crippen molar-refractivity contribution in [2.45, 2.75) is 25.3 Å². The first-order valence-electron chi connectivity index (χ1n) is 5.38. The van der Waals surface area contributed by atoms with Gasteiger partial charge in [-0.1, -0.05) is 30.3 Å². The molecule has 2 atom stereocenters. The van der Waals surface area contributed by atoms with E-state index in [9.17, 15) is 13.4 Å². The standard InChI is InChI=1S/C11H15BF2N2O/c1-8(15)11(17)16-10(12(13)14)7-9-5-3-2-4-6-9/h2-6,8,10H,7,15H2,1H3,(H,16,17). The molecule has 1 rings (SSSR count). The average molecular weight is 240 g/mol. The molecule has 0 aliphatic carbocycles. The van der Waals surface area contributed by atoms with Gasteiger partial charge in [0.05, 0.1) is 12.0 Å². The second-order valence-electron chi connectivity index (χ2n) is 3.93. The molecular formula is C11H15BF2N2O. The molecule has 0 spiro atoms. The fourth-order valence-corrected chi connectivity index (χ4v) is 1.39. The lowest BCUT2D eigenvalue weighted by molar-refractivity contribution is -0.122. The first-order chi connectivity index (χ1) is 8.00. The molecule has 0 saturated carbocycles. The number of rotatable bonds is 5. The summed E-state index contributed by atoms with van der Waals surface area (Å²) in [6, 6.07) is 8.05. The second kappa shape index (κ2) is 6.34. The van der Waals surface area contributed by atoms with Crippen molar-refractivity contribution in [1.29, 1.82) is 0 Å². The monoisotopic (exact) mass is 240 g/mol. The van der Waals surface area contributed by atoms with Crippen LogP contribution in [0.1, 0.15) is 12.5 Å². The van der Waals surface area contributed by atoms with Crippen LogP contribution in [0.3, 0.4) is 0 Å². The van der Waals surface area contributed by atoms with Crippen LogP contribution in [0.5, 0.6) is 0 Å². The first-order valence-corrected chi connectivity index (χ1v) is 5.38. The van der Waals surface area contributed by atoms with Crippen LogP contribution in [0.4, 0.5) is 8.63 Å². The van der Waals surface area contributed by atoms with Crippen molar-refractivity contribution in [3.8, 4) is 0 Å². The van der Waals surface area contributed by atoms with Crippen molar-refractivity contribution in [2.24, 2.45) is 5.73 Å². The molecular weight excluding hydrogens is 225 g/mol. The molecule has 3 nitrogen and oxygen atoms in total. The first kappa shape index (κ1) is 13.6. The highest BCUT2D eigenvalue weighted by molar-refractivity contribution is 6.45. The lowest BCUT2D eigenvalue weighted by Gasteiger charge is -2.17. The summed E-state index contributed by atoms with van der Waals surface area (Å²) in [4.78, 5) is 11.3. The molecule has 3 N–H and O–H groups in total. The lowest BCUT2D eigenvalue weighted by atomic mass is 9.81. The minimum absolute atomic E-state index is 0.0942. The number of nitrogens with two attached hydrogens (primary N) is 1. The Morgan fingerprint density at radius 3 is 2.47 bits per heavy atom. The molecule has 1 aromatic carbocycles. The Morgan fingerprint density at radius 2 is 2.00 bits per heavy atom. The zero-order valence-electron chi connectivity index (χ0n) is 9.57. The van der Waals surface area contributed by atoms with E-state index >= 15 is 0 Å². The Labute approximate surface area is 99.6 Å². The van der Waals surface area contributed by atoms with Crippen LogP contribution in [0, 0.1) is 0 Å². The highest BCUT2D eigenvalue weighted by Gasteiger charge is 2.29. The van der Waals surface area contributed by atoms with Gasteiger partial charge in [-0.05, 0) is 18.9 Å². The number of hydrogen-bond acceptors (Lipinski definition) is 2. The molecule has 1 aromatic rings. The normalized spacial score (nSPS) is 13.9. The molecule has 0 fully saturated rings. The van der Waals surface area contributed by atoms with Crippen molar-refractivity contribution in [1.82, 2.24) is 5.32 Å². The number of amides is 1. The van der Waals surface area contributed by atoms with Gasteiger partial charge in [-0.3, -0.25) is 13.4 Å². The van der Waals surface area contributed by atoms with Gasteiger partial charge in [0, 0.05) is 0 Å². The highest BCUT2D eigenvalue weighted by Crippen LogP contribution is 2.07. The number of benzene rings is 1. The summed E-state index contributed by atoms with van der Waals surface area (Å²) in [5, 5.41) is 2.25. The maximum atomic E-state index is 12.8. The minimum Gasteiger partial charge on any atom is -0.353 e. The molecule has 2 unspecified atom stereocenters. The van der Waals surface area contributed by atoms with Gasteiger partial charge in [0.1, 0.15) is 0 Å². The van der Waals surface area contributed by atoms with Crippen LogP contribution in [0.2, 0.25) is 0 Å². The zero-order chi connectivity index (χ0) is 12.8. The van der Waals surface area contributed by atoms with Gasteiger partial charge in [0.15, 0.2) is 0 Å². The van der Waals surface area contributed by atoms with Crippen LogP contribution in [0.15, 0.2) is 30.3 Å². The fourth-order valence-electron chi connectivity index (χ4n) is 1.39. The Balaban J connectivity index is 2.64. The van der Waals surface area contributed by atoms with Gasteiger partial charge in [0.25, 0.3) is 0 Å². The largest absolute Gasteiger partial charge is 0.560 e. The van der Waals surface area contributed by atoms with E-state index in [0.29, 0.717) is 0 Å². The van der Waals surface area contributed by atoms with Gasteiger partial charge in [0.2, 0.25) is 5.91 Å². The third kappa shape index (κ3) is 4.52. The van der Waals surface area contributed by atoms with E-state index in [1.165, 1.54) is 6.92 Å². The Kier molecular flexibility index (Phi) is 5.09. The number of halogens is 2. The fraction of sp³-hybridized carbons (Fsp3) is 0.364. The van der Waals surface area contributed by atoms with Crippen LogP contribution in [-0.2, 0) is 11.2 Å². The van der Waals surface area contributed by atoms with E-state index in [1.54, 1.807) is 30.3 Å². The molecule has 0 aliphatic heterocycles. The smallest absolute Gasteiger partial charge is 0.353 e. The summed E-state index contributed by atoms with van der Waals surface area (Å²) in [5.41, 5.74) is 6.07. The van der Waals surface area contributed by atoms with E-state index in [4.69, 9.17) is 5.73 Å². The van der Waals surface area contributed by atoms with Gasteiger partial charge in [-0.15, -0.1) is 0 Å². The number of carbonyl (C=O) groups excluding carboxylic acids is 1. The van der Waals surface area contributed by atoms with Crippen LogP contribution in [0.25, 0.3) is 0 Å².